The molecule has 0 aliphatic carbocycles. The van der Waals surface area contributed by atoms with Crippen LogP contribution >= 0.6 is 0 Å². The van der Waals surface area contributed by atoms with Crippen molar-refractivity contribution in [2.45, 2.75) is 32.4 Å². The van der Waals surface area contributed by atoms with E-state index < -0.39 is 6.04 Å². The van der Waals surface area contributed by atoms with Gasteiger partial charge in [0, 0.05) is 19.2 Å². The van der Waals surface area contributed by atoms with Crippen molar-refractivity contribution in [1.29, 1.82) is 0 Å². The lowest BCUT2D eigenvalue weighted by molar-refractivity contribution is -0.147. The number of benzene rings is 1. The van der Waals surface area contributed by atoms with Crippen LogP contribution in [0, 0.1) is 0 Å². The minimum atomic E-state index is -0.448. The molecule has 5 heteroatoms. The fourth-order valence-electron chi connectivity index (χ4n) is 2.57. The van der Waals surface area contributed by atoms with Crippen molar-refractivity contribution in [3.05, 3.63) is 35.4 Å². The van der Waals surface area contributed by atoms with Gasteiger partial charge in [-0.05, 0) is 37.5 Å². The van der Waals surface area contributed by atoms with E-state index in [9.17, 15) is 9.59 Å². The van der Waals surface area contributed by atoms with Gasteiger partial charge in [0.15, 0.2) is 0 Å². The predicted octanol–water partition coefficient (Wildman–Crippen LogP) is 2.00. The molecule has 0 spiro atoms. The normalized spacial score (nSPS) is 17.8. The number of hydrogen-bond donors (Lipinski definition) is 0. The minimum absolute atomic E-state index is 0.116. The van der Waals surface area contributed by atoms with E-state index in [4.69, 9.17) is 9.47 Å². The number of rotatable bonds is 5. The Labute approximate surface area is 124 Å². The second-order valence-electron chi connectivity index (χ2n) is 5.04. The highest BCUT2D eigenvalue weighted by Crippen LogP contribution is 2.21. The number of esters is 1. The van der Waals surface area contributed by atoms with Gasteiger partial charge in [-0.1, -0.05) is 12.1 Å². The molecule has 1 amide bonds. The van der Waals surface area contributed by atoms with E-state index in [0.29, 0.717) is 31.7 Å². The molecule has 0 aromatic heterocycles. The smallest absolute Gasteiger partial charge is 0.328 e. The summed E-state index contributed by atoms with van der Waals surface area (Å²) in [5.74, 6) is -0.422. The molecular formula is C16H21NO4. The monoisotopic (exact) mass is 291 g/mol. The van der Waals surface area contributed by atoms with E-state index in [1.54, 1.807) is 31.1 Å². The van der Waals surface area contributed by atoms with Crippen molar-refractivity contribution in [3.63, 3.8) is 0 Å². The number of carbonyl (C=O) groups excluding carboxylic acids is 2. The highest BCUT2D eigenvalue weighted by molar-refractivity contribution is 5.97. The van der Waals surface area contributed by atoms with Crippen LogP contribution in [-0.4, -0.2) is 43.1 Å². The van der Waals surface area contributed by atoms with Gasteiger partial charge in [-0.25, -0.2) is 4.79 Å². The second-order valence-corrected chi connectivity index (χ2v) is 5.04. The van der Waals surface area contributed by atoms with Gasteiger partial charge in [0.25, 0.3) is 5.91 Å². The van der Waals surface area contributed by atoms with Gasteiger partial charge < -0.3 is 14.4 Å². The number of ether oxygens (including phenoxy) is 2. The Hall–Kier alpha value is -1.88. The predicted molar refractivity (Wildman–Crippen MR) is 77.8 cm³/mol. The van der Waals surface area contributed by atoms with Crippen molar-refractivity contribution in [2.24, 2.45) is 0 Å². The van der Waals surface area contributed by atoms with Crippen LogP contribution in [0.2, 0.25) is 0 Å². The van der Waals surface area contributed by atoms with Crippen LogP contribution in [0.25, 0.3) is 0 Å². The third kappa shape index (κ3) is 3.61. The zero-order valence-electron chi connectivity index (χ0n) is 12.5. The molecule has 114 valence electrons. The van der Waals surface area contributed by atoms with Gasteiger partial charge in [0.2, 0.25) is 0 Å². The molecule has 1 unspecified atom stereocenters. The highest BCUT2D eigenvalue weighted by Gasteiger charge is 2.35. The molecular weight excluding hydrogens is 270 g/mol. The van der Waals surface area contributed by atoms with Crippen LogP contribution in [-0.2, 0) is 20.9 Å². The van der Waals surface area contributed by atoms with Crippen molar-refractivity contribution in [2.75, 3.05) is 20.3 Å². The molecule has 0 radical (unpaired) electrons. The SMILES string of the molecule is CCOC(=O)C1CCCN1C(=O)c1ccc(COC)cc1. The number of hydrogen-bond acceptors (Lipinski definition) is 4. The highest BCUT2D eigenvalue weighted by atomic mass is 16.5. The maximum atomic E-state index is 12.5. The molecule has 0 N–H and O–H groups in total. The van der Waals surface area contributed by atoms with Gasteiger partial charge in [0.05, 0.1) is 13.2 Å². The summed E-state index contributed by atoms with van der Waals surface area (Å²) in [4.78, 5) is 26.0. The molecule has 1 aromatic rings. The zero-order valence-corrected chi connectivity index (χ0v) is 12.5. The third-order valence-electron chi connectivity index (χ3n) is 3.58. The van der Waals surface area contributed by atoms with E-state index >= 15 is 0 Å². The summed E-state index contributed by atoms with van der Waals surface area (Å²) in [7, 11) is 1.63. The van der Waals surface area contributed by atoms with Crippen LogP contribution in [0.5, 0.6) is 0 Å². The lowest BCUT2D eigenvalue weighted by atomic mass is 10.1. The summed E-state index contributed by atoms with van der Waals surface area (Å²) >= 11 is 0. The maximum absolute atomic E-state index is 12.5. The molecule has 1 fully saturated rings. The fraction of sp³-hybridized carbons (Fsp3) is 0.500. The van der Waals surface area contributed by atoms with E-state index in [2.05, 4.69) is 0 Å². The molecule has 1 aliphatic heterocycles. The molecule has 0 bridgehead atoms. The maximum Gasteiger partial charge on any atom is 0.328 e. The average molecular weight is 291 g/mol. The molecule has 5 nitrogen and oxygen atoms in total. The van der Waals surface area contributed by atoms with Crippen LogP contribution in [0.4, 0.5) is 0 Å². The van der Waals surface area contributed by atoms with Gasteiger partial charge in [-0.2, -0.15) is 0 Å². The average Bonchev–Trinajstić information content (AvgIpc) is 2.97. The van der Waals surface area contributed by atoms with Crippen LogP contribution in [0.1, 0.15) is 35.7 Å². The summed E-state index contributed by atoms with van der Waals surface area (Å²) in [6, 6.07) is 6.84. The van der Waals surface area contributed by atoms with E-state index in [1.165, 1.54) is 0 Å². The first kappa shape index (κ1) is 15.5. The van der Waals surface area contributed by atoms with Crippen molar-refractivity contribution in [3.8, 4) is 0 Å². The number of carbonyl (C=O) groups is 2. The molecule has 1 aliphatic rings. The molecule has 1 aromatic carbocycles. The topological polar surface area (TPSA) is 55.8 Å². The fourth-order valence-corrected chi connectivity index (χ4v) is 2.57. The molecule has 21 heavy (non-hydrogen) atoms. The number of methoxy groups -OCH3 is 1. The van der Waals surface area contributed by atoms with Gasteiger partial charge in [0.1, 0.15) is 6.04 Å². The van der Waals surface area contributed by atoms with E-state index in [-0.39, 0.29) is 11.9 Å². The number of likely N-dealkylation sites (tertiary alicyclic amines) is 1. The molecule has 2 rings (SSSR count). The largest absolute Gasteiger partial charge is 0.464 e. The lowest BCUT2D eigenvalue weighted by Gasteiger charge is -2.23. The van der Waals surface area contributed by atoms with Crippen LogP contribution < -0.4 is 0 Å². The number of amides is 1. The Morgan fingerprint density at radius 1 is 1.29 bits per heavy atom. The lowest BCUT2D eigenvalue weighted by Crippen LogP contribution is -2.41. The zero-order chi connectivity index (χ0) is 15.2. The summed E-state index contributed by atoms with van der Waals surface area (Å²) < 4.78 is 10.1. The van der Waals surface area contributed by atoms with Gasteiger partial charge >= 0.3 is 5.97 Å². The summed E-state index contributed by atoms with van der Waals surface area (Å²) in [6.45, 7) is 3.22. The molecule has 1 saturated heterocycles. The first-order chi connectivity index (χ1) is 10.2. The van der Waals surface area contributed by atoms with Crippen molar-refractivity contribution >= 4 is 11.9 Å². The standard InChI is InChI=1S/C16H21NO4/c1-3-21-16(19)14-5-4-10-17(14)15(18)13-8-6-12(7-9-13)11-20-2/h6-9,14H,3-5,10-11H2,1-2H3. The number of nitrogens with zero attached hydrogens (tertiary/aromatic N) is 1. The molecule has 1 heterocycles. The summed E-state index contributed by atoms with van der Waals surface area (Å²) in [5.41, 5.74) is 1.60. The van der Waals surface area contributed by atoms with E-state index in [0.717, 1.165) is 12.0 Å². The van der Waals surface area contributed by atoms with E-state index in [1.807, 2.05) is 12.1 Å². The first-order valence-corrected chi connectivity index (χ1v) is 7.22. The Balaban J connectivity index is 2.09. The van der Waals surface area contributed by atoms with Gasteiger partial charge in [-0.3, -0.25) is 4.79 Å². The van der Waals surface area contributed by atoms with Crippen LogP contribution in [0.3, 0.4) is 0 Å². The van der Waals surface area contributed by atoms with Crippen LogP contribution in [0.15, 0.2) is 24.3 Å². The summed E-state index contributed by atoms with van der Waals surface area (Å²) in [6.07, 6.45) is 1.50. The third-order valence-corrected chi connectivity index (χ3v) is 3.58. The van der Waals surface area contributed by atoms with Crippen molar-refractivity contribution in [1.82, 2.24) is 4.90 Å². The van der Waals surface area contributed by atoms with Crippen molar-refractivity contribution < 1.29 is 19.1 Å². The Kier molecular flexibility index (Phi) is 5.33. The second kappa shape index (κ2) is 7.22. The Bertz CT molecular complexity index is 498. The quantitative estimate of drug-likeness (QED) is 0.779. The molecule has 1 atom stereocenters. The summed E-state index contributed by atoms with van der Waals surface area (Å²) in [5, 5.41) is 0. The Morgan fingerprint density at radius 2 is 2.00 bits per heavy atom. The molecule has 0 saturated carbocycles. The first-order valence-electron chi connectivity index (χ1n) is 7.22. The minimum Gasteiger partial charge on any atom is -0.464 e. The Morgan fingerprint density at radius 3 is 2.62 bits per heavy atom. The van der Waals surface area contributed by atoms with Gasteiger partial charge in [-0.15, -0.1) is 0 Å².